The first-order chi connectivity index (χ1) is 3.77. The van der Waals surface area contributed by atoms with E-state index in [2.05, 4.69) is 19.3 Å². The van der Waals surface area contributed by atoms with Crippen molar-refractivity contribution in [2.45, 2.75) is 20.8 Å². The average molecular weight is 154 g/mol. The molecule has 3 heteroatoms. The molecule has 0 aromatic rings. The van der Waals surface area contributed by atoms with Gasteiger partial charge in [0.2, 0.25) is 0 Å². The molecule has 0 heterocycles. The lowest BCUT2D eigenvalue weighted by atomic mass is 10.2. The molecule has 0 aliphatic heterocycles. The molecule has 0 radical (unpaired) electrons. The van der Waals surface area contributed by atoms with Crippen molar-refractivity contribution in [3.05, 3.63) is 0 Å². The molecule has 0 aromatic carbocycles. The second-order valence-corrected chi connectivity index (χ2v) is 2.18. The summed E-state index contributed by atoms with van der Waals surface area (Å²) >= 11 is 0. The van der Waals surface area contributed by atoms with Crippen LogP contribution >= 0.6 is 12.4 Å². The van der Waals surface area contributed by atoms with Crippen LogP contribution in [0.3, 0.4) is 0 Å². The van der Waals surface area contributed by atoms with Crippen LogP contribution in [-0.2, 0) is 4.84 Å². The molecule has 2 nitrogen and oxygen atoms in total. The van der Waals surface area contributed by atoms with E-state index < -0.39 is 0 Å². The van der Waals surface area contributed by atoms with E-state index in [9.17, 15) is 0 Å². The molecule has 9 heavy (non-hydrogen) atoms. The molecule has 0 bridgehead atoms. The molecule has 0 unspecified atom stereocenters. The van der Waals surface area contributed by atoms with Crippen LogP contribution in [0.15, 0.2) is 0 Å². The molecule has 58 valence electrons. The van der Waals surface area contributed by atoms with Crippen molar-refractivity contribution in [3.63, 3.8) is 0 Å². The molecular weight excluding hydrogens is 138 g/mol. The molecule has 0 saturated carbocycles. The summed E-state index contributed by atoms with van der Waals surface area (Å²) in [6.07, 6.45) is 0. The Morgan fingerprint density at radius 2 is 2.00 bits per heavy atom. The van der Waals surface area contributed by atoms with E-state index in [-0.39, 0.29) is 12.4 Å². The summed E-state index contributed by atoms with van der Waals surface area (Å²) in [6, 6.07) is 0. The normalized spacial score (nSPS) is 9.33. The van der Waals surface area contributed by atoms with Gasteiger partial charge in [-0.15, -0.1) is 12.4 Å². The fourth-order valence-electron chi connectivity index (χ4n) is 0.328. The first-order valence-electron chi connectivity index (χ1n) is 3.12. The van der Waals surface area contributed by atoms with Crippen LogP contribution in [0.1, 0.15) is 20.8 Å². The zero-order chi connectivity index (χ0) is 6.41. The predicted octanol–water partition coefficient (Wildman–Crippen LogP) is 1.61. The number of nitrogens with one attached hydrogen (secondary N) is 1. The quantitative estimate of drug-likeness (QED) is 0.490. The lowest BCUT2D eigenvalue weighted by Gasteiger charge is -2.04. The van der Waals surface area contributed by atoms with Gasteiger partial charge in [0.25, 0.3) is 0 Å². The first-order valence-corrected chi connectivity index (χ1v) is 3.12. The third-order valence-electron chi connectivity index (χ3n) is 0.738. The van der Waals surface area contributed by atoms with E-state index in [4.69, 9.17) is 4.84 Å². The summed E-state index contributed by atoms with van der Waals surface area (Å²) in [4.78, 5) is 4.89. The second-order valence-electron chi connectivity index (χ2n) is 2.18. The van der Waals surface area contributed by atoms with Gasteiger partial charge < -0.3 is 4.84 Å². The van der Waals surface area contributed by atoms with Gasteiger partial charge in [-0.1, -0.05) is 13.8 Å². The Morgan fingerprint density at radius 1 is 1.44 bits per heavy atom. The summed E-state index contributed by atoms with van der Waals surface area (Å²) < 4.78 is 0. The van der Waals surface area contributed by atoms with Gasteiger partial charge in [-0.3, -0.25) is 0 Å². The summed E-state index contributed by atoms with van der Waals surface area (Å²) in [5.41, 5.74) is 2.83. The van der Waals surface area contributed by atoms with Crippen molar-refractivity contribution in [1.82, 2.24) is 5.48 Å². The summed E-state index contributed by atoms with van der Waals surface area (Å²) in [5, 5.41) is 0. The molecule has 0 saturated heterocycles. The van der Waals surface area contributed by atoms with Gasteiger partial charge in [0, 0.05) is 6.54 Å². The molecule has 0 atom stereocenters. The van der Waals surface area contributed by atoms with Crippen LogP contribution < -0.4 is 5.48 Å². The van der Waals surface area contributed by atoms with Gasteiger partial charge in [0.1, 0.15) is 0 Å². The Morgan fingerprint density at radius 3 is 2.33 bits per heavy atom. The smallest absolute Gasteiger partial charge is 0.0653 e. The topological polar surface area (TPSA) is 21.3 Å². The second kappa shape index (κ2) is 8.21. The zero-order valence-electron chi connectivity index (χ0n) is 6.31. The standard InChI is InChI=1S/C6H15NO.ClH/c1-4-8-7-5-6(2)3;/h6-7H,4-5H2,1-3H3;1H. The summed E-state index contributed by atoms with van der Waals surface area (Å²) in [6.45, 7) is 7.94. The van der Waals surface area contributed by atoms with Gasteiger partial charge >= 0.3 is 0 Å². The Labute approximate surface area is 63.3 Å². The SMILES string of the molecule is CCONCC(C)C.Cl. The number of hydrogen-bond acceptors (Lipinski definition) is 2. The molecule has 0 aliphatic carbocycles. The Balaban J connectivity index is 0. The predicted molar refractivity (Wildman–Crippen MR) is 41.7 cm³/mol. The monoisotopic (exact) mass is 153 g/mol. The highest BCUT2D eigenvalue weighted by Crippen LogP contribution is 1.85. The van der Waals surface area contributed by atoms with Crippen LogP contribution in [0.2, 0.25) is 0 Å². The van der Waals surface area contributed by atoms with Gasteiger partial charge in [-0.25, -0.2) is 5.48 Å². The summed E-state index contributed by atoms with van der Waals surface area (Å²) in [7, 11) is 0. The molecular formula is C6H16ClNO. The number of rotatable bonds is 4. The number of hydrogen-bond donors (Lipinski definition) is 1. The maximum atomic E-state index is 4.89. The van der Waals surface area contributed by atoms with Crippen molar-refractivity contribution in [3.8, 4) is 0 Å². The fraction of sp³-hybridized carbons (Fsp3) is 1.00. The largest absolute Gasteiger partial charge is 0.302 e. The Hall–Kier alpha value is 0.210. The number of hydroxylamine groups is 1. The van der Waals surface area contributed by atoms with E-state index in [0.717, 1.165) is 13.2 Å². The highest BCUT2D eigenvalue weighted by atomic mass is 35.5. The maximum absolute atomic E-state index is 4.89. The molecule has 0 aliphatic rings. The van der Waals surface area contributed by atoms with Gasteiger partial charge in [-0.2, -0.15) is 0 Å². The fourth-order valence-corrected chi connectivity index (χ4v) is 0.328. The Kier molecular flexibility index (Phi) is 10.9. The maximum Gasteiger partial charge on any atom is 0.0653 e. The minimum Gasteiger partial charge on any atom is -0.302 e. The van der Waals surface area contributed by atoms with Crippen LogP contribution in [0.5, 0.6) is 0 Å². The summed E-state index contributed by atoms with van der Waals surface area (Å²) in [5.74, 6) is 0.668. The van der Waals surface area contributed by atoms with E-state index in [1.54, 1.807) is 0 Å². The average Bonchev–Trinajstić information content (AvgIpc) is 1.66. The van der Waals surface area contributed by atoms with Crippen LogP contribution in [0.4, 0.5) is 0 Å². The van der Waals surface area contributed by atoms with Crippen molar-refractivity contribution >= 4 is 12.4 Å². The van der Waals surface area contributed by atoms with Gasteiger partial charge in [0.15, 0.2) is 0 Å². The lowest BCUT2D eigenvalue weighted by molar-refractivity contribution is 0.0444. The van der Waals surface area contributed by atoms with Crippen molar-refractivity contribution < 1.29 is 4.84 Å². The molecule has 0 amide bonds. The van der Waals surface area contributed by atoms with Crippen molar-refractivity contribution in [2.75, 3.05) is 13.2 Å². The molecule has 0 rings (SSSR count). The number of halogens is 1. The van der Waals surface area contributed by atoms with Gasteiger partial charge in [-0.05, 0) is 12.8 Å². The van der Waals surface area contributed by atoms with E-state index in [1.807, 2.05) is 6.92 Å². The third-order valence-corrected chi connectivity index (χ3v) is 0.738. The zero-order valence-corrected chi connectivity index (χ0v) is 7.12. The molecule has 1 N–H and O–H groups in total. The van der Waals surface area contributed by atoms with Crippen molar-refractivity contribution in [2.24, 2.45) is 5.92 Å². The lowest BCUT2D eigenvalue weighted by Crippen LogP contribution is -2.19. The van der Waals surface area contributed by atoms with Crippen LogP contribution in [-0.4, -0.2) is 13.2 Å². The highest BCUT2D eigenvalue weighted by Gasteiger charge is 1.89. The van der Waals surface area contributed by atoms with Crippen LogP contribution in [0.25, 0.3) is 0 Å². The first kappa shape index (κ1) is 11.9. The highest BCUT2D eigenvalue weighted by molar-refractivity contribution is 5.85. The molecule has 0 spiro atoms. The van der Waals surface area contributed by atoms with E-state index >= 15 is 0 Å². The van der Waals surface area contributed by atoms with Gasteiger partial charge in [0.05, 0.1) is 6.61 Å². The minimum atomic E-state index is 0. The van der Waals surface area contributed by atoms with Crippen LogP contribution in [0, 0.1) is 5.92 Å². The molecule has 0 aromatic heterocycles. The van der Waals surface area contributed by atoms with Crippen molar-refractivity contribution in [1.29, 1.82) is 0 Å². The third kappa shape index (κ3) is 11.7. The van der Waals surface area contributed by atoms with E-state index in [1.165, 1.54) is 0 Å². The molecule has 0 fully saturated rings. The Bertz CT molecular complexity index is 50.3. The van der Waals surface area contributed by atoms with E-state index in [0.29, 0.717) is 5.92 Å². The minimum absolute atomic E-state index is 0.